The Hall–Kier alpha value is -2.28. The van der Waals surface area contributed by atoms with Crippen molar-refractivity contribution < 1.29 is 17.9 Å². The molecule has 0 bridgehead atoms. The van der Waals surface area contributed by atoms with E-state index in [4.69, 9.17) is 17.0 Å². The van der Waals surface area contributed by atoms with Crippen LogP contribution in [0.15, 0.2) is 42.5 Å². The first-order valence-corrected chi connectivity index (χ1v) is 8.41. The van der Waals surface area contributed by atoms with Crippen LogP contribution in [0.2, 0.25) is 0 Å². The molecule has 0 saturated heterocycles. The zero-order valence-electron chi connectivity index (χ0n) is 14.9. The molecule has 140 valence electrons. The van der Waals surface area contributed by atoms with Gasteiger partial charge in [-0.15, -0.1) is 0 Å². The molecule has 0 aliphatic carbocycles. The number of alkyl halides is 3. The topological polar surface area (TPSA) is 24.5 Å². The first-order chi connectivity index (χ1) is 12.2. The minimum atomic E-state index is -4.36. The van der Waals surface area contributed by atoms with Crippen LogP contribution in [-0.4, -0.2) is 29.8 Å². The molecule has 0 fully saturated rings. The van der Waals surface area contributed by atoms with E-state index in [1.165, 1.54) is 7.11 Å². The van der Waals surface area contributed by atoms with Crippen LogP contribution in [0.1, 0.15) is 16.7 Å². The fraction of sp³-hybridized carbons (Fsp3) is 0.316. The Morgan fingerprint density at radius 1 is 1.08 bits per heavy atom. The van der Waals surface area contributed by atoms with Crippen LogP contribution in [0.5, 0.6) is 5.75 Å². The largest absolute Gasteiger partial charge is 0.497 e. The smallest absolute Gasteiger partial charge is 0.406 e. The van der Waals surface area contributed by atoms with E-state index in [2.05, 4.69) is 5.32 Å². The maximum atomic E-state index is 13.0. The Balaban J connectivity index is 2.16. The second kappa shape index (κ2) is 8.40. The molecule has 2 rings (SSSR count). The number of anilines is 1. The van der Waals surface area contributed by atoms with Gasteiger partial charge in [-0.3, -0.25) is 0 Å². The number of methoxy groups -OCH3 is 1. The number of nitrogens with one attached hydrogen (secondary N) is 1. The molecule has 0 unspecified atom stereocenters. The summed E-state index contributed by atoms with van der Waals surface area (Å²) in [5.41, 5.74) is 3.52. The number of nitrogens with zero attached hydrogens (tertiary/aromatic N) is 1. The van der Waals surface area contributed by atoms with Crippen molar-refractivity contribution >= 4 is 23.0 Å². The van der Waals surface area contributed by atoms with E-state index in [0.717, 1.165) is 16.0 Å². The molecule has 26 heavy (non-hydrogen) atoms. The van der Waals surface area contributed by atoms with Gasteiger partial charge in [0, 0.05) is 12.2 Å². The Kier molecular flexibility index (Phi) is 6.47. The third-order valence-corrected chi connectivity index (χ3v) is 4.31. The van der Waals surface area contributed by atoms with Crippen LogP contribution in [0.4, 0.5) is 18.9 Å². The minimum absolute atomic E-state index is 0.0291. The number of rotatable bonds is 5. The number of hydrogen-bond donors (Lipinski definition) is 1. The highest BCUT2D eigenvalue weighted by Crippen LogP contribution is 2.21. The molecule has 0 amide bonds. The minimum Gasteiger partial charge on any atom is -0.497 e. The quantitative estimate of drug-likeness (QED) is 0.730. The molecule has 0 atom stereocenters. The van der Waals surface area contributed by atoms with Gasteiger partial charge in [0.15, 0.2) is 5.11 Å². The normalized spacial score (nSPS) is 11.2. The summed E-state index contributed by atoms with van der Waals surface area (Å²) in [7, 11) is 1.54. The van der Waals surface area contributed by atoms with Crippen molar-refractivity contribution in [3.63, 3.8) is 0 Å². The molecular formula is C19H21F3N2OS. The molecule has 0 heterocycles. The van der Waals surface area contributed by atoms with Crippen molar-refractivity contribution in [3.8, 4) is 5.75 Å². The summed E-state index contributed by atoms with van der Waals surface area (Å²) in [6, 6.07) is 12.4. The van der Waals surface area contributed by atoms with Gasteiger partial charge in [-0.25, -0.2) is 0 Å². The monoisotopic (exact) mass is 382 g/mol. The van der Waals surface area contributed by atoms with E-state index in [1.54, 1.807) is 30.3 Å². The van der Waals surface area contributed by atoms with Gasteiger partial charge in [-0.1, -0.05) is 18.2 Å². The van der Waals surface area contributed by atoms with Crippen LogP contribution in [-0.2, 0) is 6.54 Å². The predicted molar refractivity (Wildman–Crippen MR) is 102 cm³/mol. The van der Waals surface area contributed by atoms with Crippen LogP contribution < -0.4 is 10.1 Å². The summed E-state index contributed by atoms with van der Waals surface area (Å²) in [5, 5.41) is 2.94. The van der Waals surface area contributed by atoms with E-state index < -0.39 is 12.7 Å². The second-order valence-electron chi connectivity index (χ2n) is 6.05. The zero-order chi connectivity index (χ0) is 19.3. The lowest BCUT2D eigenvalue weighted by Crippen LogP contribution is -2.40. The van der Waals surface area contributed by atoms with Crippen molar-refractivity contribution in [2.24, 2.45) is 0 Å². The van der Waals surface area contributed by atoms with E-state index >= 15 is 0 Å². The third-order valence-electron chi connectivity index (χ3n) is 3.95. The molecule has 0 aliphatic heterocycles. The van der Waals surface area contributed by atoms with Crippen LogP contribution in [0, 0.1) is 13.8 Å². The van der Waals surface area contributed by atoms with Crippen LogP contribution in [0.3, 0.4) is 0 Å². The van der Waals surface area contributed by atoms with Gasteiger partial charge in [0.1, 0.15) is 12.3 Å². The molecule has 2 aromatic carbocycles. The summed E-state index contributed by atoms with van der Waals surface area (Å²) >= 11 is 5.24. The summed E-state index contributed by atoms with van der Waals surface area (Å²) in [6.45, 7) is 2.82. The van der Waals surface area contributed by atoms with Gasteiger partial charge in [-0.05, 0) is 67.0 Å². The van der Waals surface area contributed by atoms with Gasteiger partial charge >= 0.3 is 6.18 Å². The Bertz CT molecular complexity index is 760. The molecule has 0 aliphatic rings. The third kappa shape index (κ3) is 5.91. The van der Waals surface area contributed by atoms with Gasteiger partial charge in [0.05, 0.1) is 7.11 Å². The van der Waals surface area contributed by atoms with Crippen molar-refractivity contribution in [2.75, 3.05) is 19.0 Å². The summed E-state index contributed by atoms with van der Waals surface area (Å²) in [5.74, 6) is 0.645. The summed E-state index contributed by atoms with van der Waals surface area (Å²) < 4.78 is 44.1. The van der Waals surface area contributed by atoms with Crippen molar-refractivity contribution in [1.29, 1.82) is 0 Å². The highest BCUT2D eigenvalue weighted by molar-refractivity contribution is 7.80. The SMILES string of the molecule is COc1ccc(CN(CC(F)(F)F)C(=S)Nc2ccc(C)c(C)c2)cc1. The van der Waals surface area contributed by atoms with E-state index in [-0.39, 0.29) is 11.7 Å². The number of ether oxygens (including phenoxy) is 1. The maximum Gasteiger partial charge on any atom is 0.406 e. The highest BCUT2D eigenvalue weighted by Gasteiger charge is 2.32. The predicted octanol–water partition coefficient (Wildman–Crippen LogP) is 5.07. The number of hydrogen-bond acceptors (Lipinski definition) is 2. The van der Waals surface area contributed by atoms with Crippen molar-refractivity contribution in [1.82, 2.24) is 4.90 Å². The molecule has 7 heteroatoms. The van der Waals surface area contributed by atoms with Crippen molar-refractivity contribution in [2.45, 2.75) is 26.6 Å². The molecule has 1 N–H and O–H groups in total. The standard InChI is InChI=1S/C19H21F3N2OS/c1-13-4-7-16(10-14(13)2)23-18(26)24(12-19(20,21)22)11-15-5-8-17(25-3)9-6-15/h4-10H,11-12H2,1-3H3,(H,23,26). The Labute approximate surface area is 156 Å². The highest BCUT2D eigenvalue weighted by atomic mass is 32.1. The maximum absolute atomic E-state index is 13.0. The lowest BCUT2D eigenvalue weighted by atomic mass is 10.1. The first kappa shape index (κ1) is 20.0. The average molecular weight is 382 g/mol. The van der Waals surface area contributed by atoms with Gasteiger partial charge in [0.25, 0.3) is 0 Å². The zero-order valence-corrected chi connectivity index (χ0v) is 15.7. The second-order valence-corrected chi connectivity index (χ2v) is 6.44. The molecule has 0 radical (unpaired) electrons. The van der Waals surface area contributed by atoms with Gasteiger partial charge < -0.3 is 15.0 Å². The Morgan fingerprint density at radius 2 is 1.73 bits per heavy atom. The number of aryl methyl sites for hydroxylation is 2. The van der Waals surface area contributed by atoms with E-state index in [0.29, 0.717) is 17.0 Å². The number of thiocarbonyl (C=S) groups is 1. The van der Waals surface area contributed by atoms with Crippen LogP contribution >= 0.6 is 12.2 Å². The van der Waals surface area contributed by atoms with Gasteiger partial charge in [0.2, 0.25) is 0 Å². The lowest BCUT2D eigenvalue weighted by Gasteiger charge is -2.27. The van der Waals surface area contributed by atoms with E-state index in [1.807, 2.05) is 26.0 Å². The average Bonchev–Trinajstić information content (AvgIpc) is 2.57. The Morgan fingerprint density at radius 3 is 2.27 bits per heavy atom. The molecular weight excluding hydrogens is 361 g/mol. The molecule has 3 nitrogen and oxygen atoms in total. The fourth-order valence-corrected chi connectivity index (χ4v) is 2.64. The molecule has 0 saturated carbocycles. The first-order valence-electron chi connectivity index (χ1n) is 8.01. The molecule has 0 spiro atoms. The van der Waals surface area contributed by atoms with Crippen LogP contribution in [0.25, 0.3) is 0 Å². The molecule has 0 aromatic heterocycles. The fourth-order valence-electron chi connectivity index (χ4n) is 2.39. The molecule has 2 aromatic rings. The van der Waals surface area contributed by atoms with E-state index in [9.17, 15) is 13.2 Å². The van der Waals surface area contributed by atoms with Gasteiger partial charge in [-0.2, -0.15) is 13.2 Å². The lowest BCUT2D eigenvalue weighted by molar-refractivity contribution is -0.138. The summed E-state index contributed by atoms with van der Waals surface area (Å²) in [6.07, 6.45) is -4.36. The van der Waals surface area contributed by atoms with Crippen molar-refractivity contribution in [3.05, 3.63) is 59.2 Å². The number of halogens is 3. The number of benzene rings is 2. The summed E-state index contributed by atoms with van der Waals surface area (Å²) in [4.78, 5) is 1.10.